The van der Waals surface area contributed by atoms with Crippen molar-refractivity contribution in [3.63, 3.8) is 0 Å². The highest BCUT2D eigenvalue weighted by Crippen LogP contribution is 2.65. The monoisotopic (exact) mass is 763 g/mol. The number of esters is 2. The number of aliphatic hydroxyl groups excluding tert-OH is 3. The van der Waals surface area contributed by atoms with Crippen molar-refractivity contribution in [3.8, 4) is 0 Å². The Kier molecular flexibility index (Phi) is 10.4. The smallest absolute Gasteiger partial charge is 0.408 e. The van der Waals surface area contributed by atoms with E-state index in [1.54, 1.807) is 109 Å². The van der Waals surface area contributed by atoms with Crippen LogP contribution in [0.2, 0.25) is 0 Å². The maximum atomic E-state index is 14.8. The Bertz CT molecular complexity index is 1860. The van der Waals surface area contributed by atoms with Crippen molar-refractivity contribution < 1.29 is 58.6 Å². The molecule has 5 N–H and O–H groups in total. The van der Waals surface area contributed by atoms with Gasteiger partial charge in [0, 0.05) is 29.6 Å². The van der Waals surface area contributed by atoms with Crippen LogP contribution in [0.15, 0.2) is 71.8 Å². The van der Waals surface area contributed by atoms with E-state index in [4.69, 9.17) is 18.9 Å². The van der Waals surface area contributed by atoms with Gasteiger partial charge in [0.05, 0.1) is 35.8 Å². The maximum Gasteiger partial charge on any atom is 0.408 e. The molecule has 6 rings (SSSR count). The first-order valence-electron chi connectivity index (χ1n) is 18.7. The van der Waals surface area contributed by atoms with Crippen molar-refractivity contribution in [1.82, 2.24) is 5.32 Å². The van der Waals surface area contributed by atoms with Crippen LogP contribution in [0.5, 0.6) is 0 Å². The number of carbonyl (C=O) groups is 4. The third-order valence-electron chi connectivity index (χ3n) is 12.7. The summed E-state index contributed by atoms with van der Waals surface area (Å²) in [5.41, 5.74) is -6.31. The van der Waals surface area contributed by atoms with Crippen LogP contribution in [0.3, 0.4) is 0 Å². The molecule has 298 valence electrons. The van der Waals surface area contributed by atoms with Gasteiger partial charge in [-0.2, -0.15) is 0 Å². The Labute approximate surface area is 321 Å². The van der Waals surface area contributed by atoms with Gasteiger partial charge in [0.25, 0.3) is 0 Å². The lowest BCUT2D eigenvalue weighted by Crippen LogP contribution is -2.77. The summed E-state index contributed by atoms with van der Waals surface area (Å²) in [5.74, 6) is -3.78. The predicted molar refractivity (Wildman–Crippen MR) is 197 cm³/mol. The molecule has 11 atom stereocenters. The first-order valence-corrected chi connectivity index (χ1v) is 18.7. The van der Waals surface area contributed by atoms with E-state index in [1.165, 1.54) is 0 Å². The molecule has 1 heterocycles. The lowest BCUT2D eigenvalue weighted by molar-refractivity contribution is -0.313. The molecule has 0 radical (unpaired) electrons. The minimum absolute atomic E-state index is 0.0369. The minimum atomic E-state index is -2.15. The molecule has 13 heteroatoms. The summed E-state index contributed by atoms with van der Waals surface area (Å²) >= 11 is 0. The van der Waals surface area contributed by atoms with Crippen LogP contribution in [0.4, 0.5) is 4.79 Å². The summed E-state index contributed by atoms with van der Waals surface area (Å²) in [6.07, 6.45) is -9.80. The van der Waals surface area contributed by atoms with Gasteiger partial charge in [-0.15, -0.1) is 0 Å². The van der Waals surface area contributed by atoms with Gasteiger partial charge >= 0.3 is 18.0 Å². The number of Topliss-reactive ketones (excluding diaryl/α,β-unsaturated/α-hetero) is 1. The zero-order valence-corrected chi connectivity index (χ0v) is 32.6. The van der Waals surface area contributed by atoms with Crippen molar-refractivity contribution >= 4 is 23.8 Å². The van der Waals surface area contributed by atoms with Crippen LogP contribution in [0.1, 0.15) is 90.2 Å². The van der Waals surface area contributed by atoms with Crippen molar-refractivity contribution in [2.75, 3.05) is 6.61 Å². The number of benzene rings is 2. The van der Waals surface area contributed by atoms with E-state index in [2.05, 4.69) is 5.32 Å². The summed E-state index contributed by atoms with van der Waals surface area (Å²) < 4.78 is 23.7. The normalized spacial score (nSPS) is 35.0. The van der Waals surface area contributed by atoms with E-state index < -0.39 is 99.8 Å². The van der Waals surface area contributed by atoms with E-state index >= 15 is 0 Å². The highest BCUT2D eigenvalue weighted by molar-refractivity contribution is 5.94. The second kappa shape index (κ2) is 14.1. The summed E-state index contributed by atoms with van der Waals surface area (Å²) in [5, 5.41) is 51.3. The number of ketones is 1. The van der Waals surface area contributed by atoms with E-state index in [0.717, 1.165) is 0 Å². The molecule has 55 heavy (non-hydrogen) atoms. The van der Waals surface area contributed by atoms with Crippen LogP contribution in [-0.2, 0) is 28.5 Å². The summed E-state index contributed by atoms with van der Waals surface area (Å²) in [6, 6.07) is 15.1. The van der Waals surface area contributed by atoms with Crippen LogP contribution < -0.4 is 5.32 Å². The molecule has 3 aliphatic carbocycles. The van der Waals surface area contributed by atoms with Crippen molar-refractivity contribution in [2.45, 2.75) is 122 Å². The van der Waals surface area contributed by atoms with Gasteiger partial charge in [-0.1, -0.05) is 69.3 Å². The van der Waals surface area contributed by atoms with Crippen LogP contribution in [0.25, 0.3) is 0 Å². The average Bonchev–Trinajstić information content (AvgIpc) is 3.12. The fourth-order valence-electron chi connectivity index (χ4n) is 9.57. The van der Waals surface area contributed by atoms with E-state index in [1.807, 2.05) is 6.92 Å². The van der Waals surface area contributed by atoms with E-state index in [0.29, 0.717) is 5.56 Å². The van der Waals surface area contributed by atoms with Crippen LogP contribution in [0, 0.1) is 22.2 Å². The molecule has 1 aliphatic heterocycles. The lowest BCUT2D eigenvalue weighted by Gasteiger charge is -2.68. The number of amides is 1. The zero-order valence-electron chi connectivity index (χ0n) is 32.6. The number of aliphatic hydroxyl groups is 4. The Hall–Kier alpha value is -4.14. The van der Waals surface area contributed by atoms with E-state index in [-0.39, 0.29) is 36.2 Å². The van der Waals surface area contributed by atoms with Crippen LogP contribution >= 0.6 is 0 Å². The van der Waals surface area contributed by atoms with Crippen molar-refractivity contribution in [1.29, 1.82) is 0 Å². The Balaban J connectivity index is 1.45. The van der Waals surface area contributed by atoms with Crippen LogP contribution in [-0.4, -0.2) is 98.7 Å². The maximum absolute atomic E-state index is 14.8. The molecule has 3 fully saturated rings. The standard InChI is InChI=1S/C42H53NO12/c1-22-25(53-36(49)31(46)29(23-15-11-9-12-16-23)43-37(50)55-38(2,3)4)20-42(51)34(54-35(48)24-17-13-10-14-18-24)32-40(7)21-52-27(40)19-26(44)41(32,8)33(47)30(45)28(22)39(42,5)6/h9-18,25-27,29-32,34,44-46,51H,19-21H2,1-8H3,(H,43,50)/t25-,26-,27+,29?,30+,31+,32+,34-,40+,41+,42+/m0/s1. The summed E-state index contributed by atoms with van der Waals surface area (Å²) in [6.45, 7) is 13.4. The second-order valence-corrected chi connectivity index (χ2v) is 17.5. The number of hydrogen-bond acceptors (Lipinski definition) is 12. The molecule has 2 bridgehead atoms. The fraction of sp³-hybridized carbons (Fsp3) is 0.571. The van der Waals surface area contributed by atoms with Gasteiger partial charge in [0.15, 0.2) is 11.9 Å². The first-order chi connectivity index (χ1) is 25.6. The molecule has 1 unspecified atom stereocenters. The molecule has 4 aliphatic rings. The van der Waals surface area contributed by atoms with Gasteiger partial charge in [-0.25, -0.2) is 14.4 Å². The number of alkyl carbamates (subject to hydrolysis) is 1. The third-order valence-corrected chi connectivity index (χ3v) is 12.7. The first kappa shape index (κ1) is 40.5. The third kappa shape index (κ3) is 6.67. The number of carbonyl (C=O) groups excluding carboxylic acids is 4. The van der Waals surface area contributed by atoms with E-state index in [9.17, 15) is 39.6 Å². The van der Waals surface area contributed by atoms with Crippen molar-refractivity contribution in [3.05, 3.63) is 82.9 Å². The Morgan fingerprint density at radius 3 is 2.11 bits per heavy atom. The fourth-order valence-corrected chi connectivity index (χ4v) is 9.57. The van der Waals surface area contributed by atoms with Gasteiger partial charge in [0.2, 0.25) is 0 Å². The lowest BCUT2D eigenvalue weighted by atomic mass is 9.42. The molecule has 1 amide bonds. The number of rotatable bonds is 7. The summed E-state index contributed by atoms with van der Waals surface area (Å²) in [7, 11) is 0. The summed E-state index contributed by atoms with van der Waals surface area (Å²) in [4.78, 5) is 55.7. The molecule has 13 nitrogen and oxygen atoms in total. The highest BCUT2D eigenvalue weighted by Gasteiger charge is 2.75. The van der Waals surface area contributed by atoms with Gasteiger partial charge < -0.3 is 44.7 Å². The number of hydrogen-bond donors (Lipinski definition) is 5. The Morgan fingerprint density at radius 1 is 0.945 bits per heavy atom. The molecule has 0 aromatic heterocycles. The largest absolute Gasteiger partial charge is 0.456 e. The predicted octanol–water partition coefficient (Wildman–Crippen LogP) is 3.96. The van der Waals surface area contributed by atoms with Gasteiger partial charge in [0.1, 0.15) is 29.5 Å². The molecular formula is C42H53NO12. The Morgan fingerprint density at radius 2 is 1.55 bits per heavy atom. The van der Waals surface area contributed by atoms with Gasteiger partial charge in [-0.05, 0) is 63.5 Å². The molecule has 0 spiro atoms. The minimum Gasteiger partial charge on any atom is -0.456 e. The average molecular weight is 764 g/mol. The number of nitrogens with one attached hydrogen (secondary N) is 1. The molecule has 1 saturated heterocycles. The van der Waals surface area contributed by atoms with Crippen molar-refractivity contribution in [2.24, 2.45) is 22.2 Å². The zero-order chi connectivity index (χ0) is 40.5. The molecular weight excluding hydrogens is 710 g/mol. The second-order valence-electron chi connectivity index (χ2n) is 17.5. The number of ether oxygens (including phenoxy) is 4. The number of fused-ring (bicyclic) bond motifs is 5. The topological polar surface area (TPSA) is 198 Å². The molecule has 2 aromatic rings. The molecule has 2 saturated carbocycles. The SMILES string of the molecule is CC1=C2[C@@H](O)C(=O)[C@@]3(C)[C@H]([C@H](OC(=O)c4ccccc4)[C@](O)(C[C@@H]1OC(=O)[C@H](O)C(NC(=O)OC(C)(C)C)c1ccccc1)C2(C)C)[C@]1(C)CO[C@@H]1C[C@@H]3O. The van der Waals surface area contributed by atoms with Gasteiger partial charge in [-0.3, -0.25) is 4.79 Å². The quantitative estimate of drug-likeness (QED) is 0.155. The molecule has 2 aromatic carbocycles. The highest BCUT2D eigenvalue weighted by atomic mass is 16.6.